The van der Waals surface area contributed by atoms with Crippen molar-refractivity contribution in [2.24, 2.45) is 0 Å². The Morgan fingerprint density at radius 3 is 0.462 bits per heavy atom. The molecule has 0 radical (unpaired) electrons. The molecule has 0 aliphatic heterocycles. The van der Waals surface area contributed by atoms with E-state index in [9.17, 15) is 198 Å². The maximum absolute atomic E-state index is 14.5. The molecule has 0 aliphatic rings. The van der Waals surface area contributed by atoms with Gasteiger partial charge in [0.05, 0.1) is 0 Å². The fraction of sp³-hybridized carbons (Fsp3) is 0.571. The van der Waals surface area contributed by atoms with Crippen LogP contribution in [0.4, 0.5) is 198 Å². The first-order valence-electron chi connectivity index (χ1n) is 21.7. The maximum Gasteiger partial charge on any atom is 0.460 e. The molecule has 0 amide bonds. The lowest BCUT2D eigenvalue weighted by Crippen LogP contribution is -2.73. The van der Waals surface area contributed by atoms with E-state index in [4.69, 9.17) is 0 Å². The molecule has 0 aliphatic carbocycles. The number of hydrogen-bond donors (Lipinski definition) is 0. The molecule has 0 unspecified atom stereocenters. The lowest BCUT2D eigenvalue weighted by atomic mass is 9.91. The van der Waals surface area contributed by atoms with Crippen molar-refractivity contribution >= 4 is 23.8 Å². The van der Waals surface area contributed by atoms with E-state index in [1.54, 1.807) is 0 Å². The fourth-order valence-corrected chi connectivity index (χ4v) is 8.55. The number of alkyl halides is 45. The van der Waals surface area contributed by atoms with Gasteiger partial charge in [-0.25, -0.2) is 0 Å². The first kappa shape index (κ1) is 79.6. The van der Waals surface area contributed by atoms with Crippen molar-refractivity contribution in [1.82, 2.24) is 0 Å². The predicted octanol–water partition coefficient (Wildman–Crippen LogP) is 17.7. The molecule has 0 spiro atoms. The first-order chi connectivity index (χ1) is 39.7. The van der Waals surface area contributed by atoms with Crippen molar-refractivity contribution < 1.29 is 212 Å². The van der Waals surface area contributed by atoms with Gasteiger partial charge >= 0.3 is 125 Å². The minimum absolute atomic E-state index is 0.127. The molecule has 91 heavy (non-hydrogen) atoms. The second-order valence-electron chi connectivity index (χ2n) is 17.9. The largest absolute Gasteiger partial charge is 0.487 e. The van der Waals surface area contributed by atoms with Crippen LogP contribution in [0.25, 0.3) is 0 Å². The second-order valence-corrected chi connectivity index (χ2v) is 20.1. The Balaban J connectivity index is 2.13. The Kier molecular flexibility index (Phi) is 20.2. The number of hydrogen-bond acceptors (Lipinski definition) is 3. The van der Waals surface area contributed by atoms with Gasteiger partial charge in [-0.05, 0) is 60.2 Å². The minimum atomic E-state index is -8.77. The van der Waals surface area contributed by atoms with Gasteiger partial charge in [-0.3, -0.25) is 0 Å². The third-order valence-electron chi connectivity index (χ3n) is 11.7. The number of halogens is 45. The molecule has 0 heterocycles. The van der Waals surface area contributed by atoms with Crippen LogP contribution in [0.1, 0.15) is 0 Å². The van der Waals surface area contributed by atoms with Crippen molar-refractivity contribution in [2.75, 3.05) is 19.8 Å². The zero-order valence-electron chi connectivity index (χ0n) is 41.2. The summed E-state index contributed by atoms with van der Waals surface area (Å²) in [6.07, 6.45) is -24.0. The highest BCUT2D eigenvalue weighted by Crippen LogP contribution is 2.66. The maximum atomic E-state index is 14.5. The Morgan fingerprint density at radius 1 is 0.187 bits per heavy atom. The van der Waals surface area contributed by atoms with Gasteiger partial charge in [0.15, 0.2) is 19.8 Å². The number of rotatable bonds is 27. The van der Waals surface area contributed by atoms with Gasteiger partial charge in [-0.15, -0.1) is 0 Å². The standard InChI is InChI=1S/C42H18F45O3P/c43-22(44,25(49,50)28(55,56)31(61,62)34(67,68)37(73,74)40(79,80)81)13-88-16-1-7-19(8-2-16)91(20-9-3-17(4-10-20)89-14-23(45,46)26(51,52)29(57,58)32(63,64)35(69,70)38(75,76)41(82,83)84)21-11-5-18(6-12-21)90-15-24(47,48)27(53,54)30(59,60)33(65,66)36(71,72)39(77,78)42(85,86)87/h1-12H,13-15H2. The molecular formula is C42H18F45O3P. The van der Waals surface area contributed by atoms with Gasteiger partial charge in [-0.1, -0.05) is 36.4 Å². The lowest BCUT2D eigenvalue weighted by Gasteiger charge is -2.41. The third kappa shape index (κ3) is 12.2. The number of ether oxygens (including phenoxy) is 3. The molecular weight excluding hydrogens is 1440 g/mol. The van der Waals surface area contributed by atoms with Gasteiger partial charge < -0.3 is 14.2 Å². The van der Waals surface area contributed by atoms with Crippen molar-refractivity contribution in [3.05, 3.63) is 72.8 Å². The third-order valence-corrected chi connectivity index (χ3v) is 14.2. The van der Waals surface area contributed by atoms with E-state index in [2.05, 4.69) is 14.2 Å². The monoisotopic (exact) mass is 1460 g/mol. The summed E-state index contributed by atoms with van der Waals surface area (Å²) in [5.41, 5.74) is 0. The van der Waals surface area contributed by atoms with Crippen LogP contribution in [-0.2, 0) is 0 Å². The summed E-state index contributed by atoms with van der Waals surface area (Å²) in [6.45, 7) is -10.5. The van der Waals surface area contributed by atoms with E-state index in [0.717, 1.165) is 0 Å². The molecule has 0 fully saturated rings. The summed E-state index contributed by atoms with van der Waals surface area (Å²) in [7, 11) is -2.96. The summed E-state index contributed by atoms with van der Waals surface area (Å²) in [4.78, 5) is 0. The van der Waals surface area contributed by atoms with E-state index in [1.807, 2.05) is 0 Å². The summed E-state index contributed by atoms with van der Waals surface area (Å²) >= 11 is 0. The van der Waals surface area contributed by atoms with Crippen molar-refractivity contribution in [1.29, 1.82) is 0 Å². The van der Waals surface area contributed by atoms with E-state index < -0.39 is 186 Å². The van der Waals surface area contributed by atoms with Gasteiger partial charge in [0.25, 0.3) is 0 Å². The molecule has 0 saturated heterocycles. The predicted molar refractivity (Wildman–Crippen MR) is 209 cm³/mol. The van der Waals surface area contributed by atoms with Gasteiger partial charge in [0, 0.05) is 0 Å². The smallest absolute Gasteiger partial charge is 0.460 e. The van der Waals surface area contributed by atoms with Crippen LogP contribution in [0.5, 0.6) is 17.2 Å². The molecule has 0 N–H and O–H groups in total. The highest BCUT2D eigenvalue weighted by molar-refractivity contribution is 7.79. The average molecular weight is 1460 g/mol. The summed E-state index contributed by atoms with van der Waals surface area (Å²) in [5.74, 6) is -154. The molecule has 0 atom stereocenters. The van der Waals surface area contributed by atoms with Crippen LogP contribution in [0, 0.1) is 0 Å². The molecule has 0 bridgehead atoms. The Morgan fingerprint density at radius 2 is 0.319 bits per heavy atom. The Hall–Kier alpha value is -5.66. The summed E-state index contributed by atoms with van der Waals surface area (Å²) in [6, 6.07) is 2.98. The molecule has 0 saturated carbocycles. The summed E-state index contributed by atoms with van der Waals surface area (Å²) in [5, 5.41) is -1.94. The quantitative estimate of drug-likeness (QED) is 0.0562. The molecule has 3 rings (SSSR count). The van der Waals surface area contributed by atoms with Crippen molar-refractivity contribution in [2.45, 2.75) is 125 Å². The van der Waals surface area contributed by atoms with Crippen molar-refractivity contribution in [3.8, 4) is 17.2 Å². The summed E-state index contributed by atoms with van der Waals surface area (Å²) < 4.78 is 626. The van der Waals surface area contributed by atoms with Crippen molar-refractivity contribution in [3.63, 3.8) is 0 Å². The SMILES string of the molecule is FC(F)(F)C(F)(F)C(F)(F)C(F)(F)C(F)(F)C(F)(F)C(F)(F)COc1ccc(P(c2ccc(OCC(F)(F)C(F)(F)C(F)(F)C(F)(F)C(F)(F)C(F)(F)C(F)(F)F)cc2)c2ccc(OCC(F)(F)C(F)(F)C(F)(F)C(F)(F)C(F)(F)C(F)(F)C(F)(F)F)cc2)cc1. The van der Waals surface area contributed by atoms with E-state index in [0.29, 0.717) is 36.4 Å². The molecule has 524 valence electrons. The van der Waals surface area contributed by atoms with Gasteiger partial charge in [0.1, 0.15) is 17.2 Å². The lowest BCUT2D eigenvalue weighted by molar-refractivity contribution is -0.453. The molecule has 3 nitrogen and oxygen atoms in total. The van der Waals surface area contributed by atoms with Gasteiger partial charge in [-0.2, -0.15) is 198 Å². The second kappa shape index (κ2) is 23.1. The van der Waals surface area contributed by atoms with Crippen LogP contribution in [0.3, 0.4) is 0 Å². The zero-order valence-corrected chi connectivity index (χ0v) is 42.1. The first-order valence-corrected chi connectivity index (χ1v) is 23.0. The van der Waals surface area contributed by atoms with Crippen LogP contribution >= 0.6 is 7.92 Å². The number of benzene rings is 3. The molecule has 0 aromatic heterocycles. The normalized spacial score (nSPS) is 15.8. The van der Waals surface area contributed by atoms with Gasteiger partial charge in [0.2, 0.25) is 0 Å². The fourth-order valence-electron chi connectivity index (χ4n) is 6.31. The van der Waals surface area contributed by atoms with E-state index in [-0.39, 0.29) is 36.4 Å². The molecule has 49 heteroatoms. The zero-order chi connectivity index (χ0) is 72.3. The van der Waals surface area contributed by atoms with E-state index in [1.165, 1.54) is 0 Å². The highest BCUT2D eigenvalue weighted by Gasteiger charge is 2.96. The van der Waals surface area contributed by atoms with Crippen LogP contribution in [-0.4, -0.2) is 145 Å². The van der Waals surface area contributed by atoms with Crippen LogP contribution in [0.15, 0.2) is 72.8 Å². The average Bonchev–Trinajstić information content (AvgIpc) is 0.718. The highest BCUT2D eigenvalue weighted by atomic mass is 31.1. The molecule has 3 aromatic rings. The Bertz CT molecular complexity index is 2660. The van der Waals surface area contributed by atoms with Crippen LogP contribution < -0.4 is 30.1 Å². The molecule has 3 aromatic carbocycles. The van der Waals surface area contributed by atoms with Crippen LogP contribution in [0.2, 0.25) is 0 Å². The topological polar surface area (TPSA) is 27.7 Å². The minimum Gasteiger partial charge on any atom is -0.487 e. The Labute approximate surface area is 471 Å². The van der Waals surface area contributed by atoms with E-state index >= 15 is 0 Å².